The predicted octanol–water partition coefficient (Wildman–Crippen LogP) is 3.67. The zero-order chi connectivity index (χ0) is 20.0. The van der Waals surface area contributed by atoms with Crippen LogP contribution in [0.4, 0.5) is 11.6 Å². The number of fused-ring (bicyclic) bond motifs is 2. The average molecular weight is 410 g/mol. The third-order valence-corrected chi connectivity index (χ3v) is 6.56. The van der Waals surface area contributed by atoms with Gasteiger partial charge in [-0.2, -0.15) is 0 Å². The van der Waals surface area contributed by atoms with Crippen molar-refractivity contribution in [1.82, 2.24) is 15.0 Å². The van der Waals surface area contributed by atoms with Crippen molar-refractivity contribution in [2.45, 2.75) is 31.9 Å². The van der Waals surface area contributed by atoms with Gasteiger partial charge in [-0.05, 0) is 55.4 Å². The Morgan fingerprint density at radius 3 is 2.76 bits per heavy atom. The Balaban J connectivity index is 1.35. The molecule has 5 rings (SSSR count). The van der Waals surface area contributed by atoms with E-state index >= 15 is 0 Å². The maximum absolute atomic E-state index is 10.7. The van der Waals surface area contributed by atoms with E-state index in [9.17, 15) is 5.11 Å². The summed E-state index contributed by atoms with van der Waals surface area (Å²) in [6, 6.07) is 8.04. The fourth-order valence-electron chi connectivity index (χ4n) is 4.86. The van der Waals surface area contributed by atoms with E-state index in [1.165, 1.54) is 5.56 Å². The molecule has 1 aromatic carbocycles. The third-order valence-electron chi connectivity index (χ3n) is 6.33. The number of anilines is 2. The summed E-state index contributed by atoms with van der Waals surface area (Å²) in [6.45, 7) is 4.00. The number of aryl methyl sites for hydroxylation is 1. The molecule has 3 aromatic rings. The lowest BCUT2D eigenvalue weighted by Gasteiger charge is -2.35. The topological polar surface area (TPSA) is 74.2 Å². The number of benzene rings is 1. The number of aliphatic hydroxyl groups is 1. The molecule has 4 atom stereocenters. The average Bonchev–Trinajstić information content (AvgIpc) is 3.11. The molecule has 0 radical (unpaired) electrons. The number of halogens is 1. The van der Waals surface area contributed by atoms with Gasteiger partial charge in [0, 0.05) is 35.9 Å². The Kier molecular flexibility index (Phi) is 4.76. The molecule has 150 valence electrons. The van der Waals surface area contributed by atoms with Crippen LogP contribution in [0.3, 0.4) is 0 Å². The van der Waals surface area contributed by atoms with Crippen LogP contribution in [0.5, 0.6) is 0 Å². The summed E-state index contributed by atoms with van der Waals surface area (Å²) < 4.78 is 0. The smallest absolute Gasteiger partial charge is 0.144 e. The molecule has 0 spiro atoms. The van der Waals surface area contributed by atoms with Crippen molar-refractivity contribution >= 4 is 34.1 Å². The van der Waals surface area contributed by atoms with Crippen LogP contribution in [0.15, 0.2) is 42.9 Å². The van der Waals surface area contributed by atoms with Crippen LogP contribution in [0.2, 0.25) is 5.02 Å². The highest BCUT2D eigenvalue weighted by atomic mass is 35.5. The summed E-state index contributed by atoms with van der Waals surface area (Å²) >= 11 is 6.18. The van der Waals surface area contributed by atoms with Crippen molar-refractivity contribution in [3.8, 4) is 0 Å². The number of aromatic nitrogens is 3. The summed E-state index contributed by atoms with van der Waals surface area (Å²) in [6.07, 6.45) is 6.33. The number of nitrogens with one attached hydrogen (secondary N) is 1. The first kappa shape index (κ1) is 18.6. The minimum atomic E-state index is -0.386. The zero-order valence-corrected chi connectivity index (χ0v) is 17.0. The van der Waals surface area contributed by atoms with Crippen LogP contribution < -0.4 is 10.2 Å². The lowest BCUT2D eigenvalue weighted by molar-refractivity contribution is 0.0737. The summed E-state index contributed by atoms with van der Waals surface area (Å²) in [5.74, 6) is 2.71. The molecule has 3 heterocycles. The Morgan fingerprint density at radius 1 is 1.14 bits per heavy atom. The number of hydrogen-bond donors (Lipinski definition) is 2. The van der Waals surface area contributed by atoms with Gasteiger partial charge in [-0.1, -0.05) is 17.7 Å². The highest BCUT2D eigenvalue weighted by Gasteiger charge is 2.42. The van der Waals surface area contributed by atoms with E-state index < -0.39 is 0 Å². The zero-order valence-electron chi connectivity index (χ0n) is 16.3. The van der Waals surface area contributed by atoms with E-state index in [0.717, 1.165) is 42.7 Å². The Bertz CT molecular complexity index is 1030. The van der Waals surface area contributed by atoms with Crippen LogP contribution >= 0.6 is 11.6 Å². The van der Waals surface area contributed by atoms with Gasteiger partial charge in [0.15, 0.2) is 0 Å². The molecule has 2 aromatic heterocycles. The molecule has 1 aliphatic heterocycles. The Labute approximate surface area is 175 Å². The largest absolute Gasteiger partial charge is 0.391 e. The van der Waals surface area contributed by atoms with Crippen molar-refractivity contribution in [2.75, 3.05) is 23.3 Å². The van der Waals surface area contributed by atoms with Crippen LogP contribution in [-0.4, -0.2) is 45.3 Å². The first-order valence-corrected chi connectivity index (χ1v) is 10.5. The van der Waals surface area contributed by atoms with Gasteiger partial charge in [-0.3, -0.25) is 4.98 Å². The molecule has 6 nitrogen and oxygen atoms in total. The standard InChI is InChI=1S/C22H24ClN5O/c1-13-6-22(27-18-9-16(23)2-3-17(13)18)28-11-14-7-19(20(29)8-15(14)12-28)26-21-10-24-4-5-25-21/h2-6,9-10,14-15,19-20,29H,7-8,11-12H2,1H3,(H,25,26)/t14-,15+,19-,20-/m1/s1. The fraction of sp³-hybridized carbons (Fsp3) is 0.409. The summed E-state index contributed by atoms with van der Waals surface area (Å²) in [5, 5.41) is 15.9. The lowest BCUT2D eigenvalue weighted by Crippen LogP contribution is -2.43. The van der Waals surface area contributed by atoms with Crippen molar-refractivity contribution in [1.29, 1.82) is 0 Å². The molecule has 0 amide bonds. The second-order valence-corrected chi connectivity index (χ2v) is 8.70. The molecule has 0 unspecified atom stereocenters. The first-order chi connectivity index (χ1) is 14.1. The number of hydrogen-bond acceptors (Lipinski definition) is 6. The van der Waals surface area contributed by atoms with Crippen LogP contribution in [0.1, 0.15) is 18.4 Å². The number of rotatable bonds is 3. The van der Waals surface area contributed by atoms with Gasteiger partial charge in [0.2, 0.25) is 0 Å². The van der Waals surface area contributed by atoms with E-state index in [-0.39, 0.29) is 12.1 Å². The maximum Gasteiger partial charge on any atom is 0.144 e. The third kappa shape index (κ3) is 3.63. The quantitative estimate of drug-likeness (QED) is 0.687. The highest BCUT2D eigenvalue weighted by Crippen LogP contribution is 2.39. The maximum atomic E-state index is 10.7. The molecular weight excluding hydrogens is 386 g/mol. The molecule has 7 heteroatoms. The van der Waals surface area contributed by atoms with E-state index in [1.807, 2.05) is 18.2 Å². The Hall–Kier alpha value is -2.44. The van der Waals surface area contributed by atoms with Gasteiger partial charge < -0.3 is 15.3 Å². The lowest BCUT2D eigenvalue weighted by atomic mass is 9.77. The molecular formula is C22H24ClN5O. The second-order valence-electron chi connectivity index (χ2n) is 8.26. The van der Waals surface area contributed by atoms with E-state index in [4.69, 9.17) is 16.6 Å². The van der Waals surface area contributed by atoms with Crippen LogP contribution in [0.25, 0.3) is 10.9 Å². The summed E-state index contributed by atoms with van der Waals surface area (Å²) in [5.41, 5.74) is 2.14. The minimum Gasteiger partial charge on any atom is -0.391 e. The van der Waals surface area contributed by atoms with Crippen molar-refractivity contribution in [2.24, 2.45) is 11.8 Å². The molecule has 1 saturated carbocycles. The van der Waals surface area contributed by atoms with Crippen LogP contribution in [-0.2, 0) is 0 Å². The summed E-state index contributed by atoms with van der Waals surface area (Å²) in [7, 11) is 0. The fourth-order valence-corrected chi connectivity index (χ4v) is 5.02. The molecule has 1 saturated heterocycles. The van der Waals surface area contributed by atoms with Gasteiger partial charge in [0.1, 0.15) is 11.6 Å². The van der Waals surface area contributed by atoms with Crippen molar-refractivity contribution < 1.29 is 5.11 Å². The molecule has 2 fully saturated rings. The normalized spacial score (nSPS) is 26.5. The number of nitrogens with zero attached hydrogens (tertiary/aromatic N) is 4. The number of pyridine rings is 1. The monoisotopic (exact) mass is 409 g/mol. The molecule has 29 heavy (non-hydrogen) atoms. The minimum absolute atomic E-state index is 0.00185. The van der Waals surface area contributed by atoms with Gasteiger partial charge in [0.25, 0.3) is 0 Å². The summed E-state index contributed by atoms with van der Waals surface area (Å²) in [4.78, 5) is 15.6. The highest BCUT2D eigenvalue weighted by molar-refractivity contribution is 6.31. The molecule has 2 N–H and O–H groups in total. The molecule has 1 aliphatic carbocycles. The van der Waals surface area contributed by atoms with Crippen LogP contribution in [0, 0.1) is 18.8 Å². The van der Waals surface area contributed by atoms with E-state index in [0.29, 0.717) is 22.7 Å². The SMILES string of the molecule is Cc1cc(N2C[C@H]3C[C@@H](Nc4cnccn4)[C@H](O)C[C@H]3C2)nc2cc(Cl)ccc12. The van der Waals surface area contributed by atoms with Gasteiger partial charge in [0.05, 0.1) is 23.9 Å². The van der Waals surface area contributed by atoms with Crippen molar-refractivity contribution in [3.63, 3.8) is 0 Å². The van der Waals surface area contributed by atoms with Crippen molar-refractivity contribution in [3.05, 3.63) is 53.4 Å². The number of aliphatic hydroxyl groups excluding tert-OH is 1. The van der Waals surface area contributed by atoms with Gasteiger partial charge in [-0.25, -0.2) is 9.97 Å². The first-order valence-electron chi connectivity index (χ1n) is 10.1. The van der Waals surface area contributed by atoms with Gasteiger partial charge >= 0.3 is 0 Å². The van der Waals surface area contributed by atoms with Gasteiger partial charge in [-0.15, -0.1) is 0 Å². The molecule has 2 aliphatic rings. The molecule has 0 bridgehead atoms. The second kappa shape index (κ2) is 7.43. The Morgan fingerprint density at radius 2 is 1.97 bits per heavy atom. The van der Waals surface area contributed by atoms with E-state index in [2.05, 4.69) is 33.2 Å². The predicted molar refractivity (Wildman–Crippen MR) is 115 cm³/mol. The van der Waals surface area contributed by atoms with E-state index in [1.54, 1.807) is 18.6 Å².